The van der Waals surface area contributed by atoms with E-state index in [2.05, 4.69) is 5.32 Å². The summed E-state index contributed by atoms with van der Waals surface area (Å²) in [5, 5.41) is 2.81. The molecule has 1 atom stereocenters. The quantitative estimate of drug-likeness (QED) is 0.567. The third-order valence-corrected chi connectivity index (χ3v) is 7.04. The lowest BCUT2D eigenvalue weighted by molar-refractivity contribution is -0.128. The van der Waals surface area contributed by atoms with Crippen molar-refractivity contribution in [3.8, 4) is 11.5 Å². The Labute approximate surface area is 184 Å². The zero-order chi connectivity index (χ0) is 22.1. The van der Waals surface area contributed by atoms with Crippen LogP contribution in [0.4, 0.5) is 0 Å². The highest BCUT2D eigenvalue weighted by atomic mass is 32.2. The second-order valence-electron chi connectivity index (χ2n) is 7.40. The first-order valence-electron chi connectivity index (χ1n) is 10.7. The number of nitrogens with one attached hydrogen (secondary N) is 1. The normalized spacial score (nSPS) is 15.8. The topological polar surface area (TPSA) is 84.9 Å². The van der Waals surface area contributed by atoms with Crippen LogP contribution in [0.15, 0.2) is 59.5 Å². The summed E-state index contributed by atoms with van der Waals surface area (Å²) >= 11 is 0. The van der Waals surface area contributed by atoms with E-state index in [1.807, 2.05) is 37.3 Å². The van der Waals surface area contributed by atoms with E-state index >= 15 is 0 Å². The van der Waals surface area contributed by atoms with Crippen LogP contribution in [-0.4, -0.2) is 51.0 Å². The molecule has 3 rings (SSSR count). The Morgan fingerprint density at radius 1 is 1.00 bits per heavy atom. The van der Waals surface area contributed by atoms with Crippen LogP contribution < -0.4 is 14.8 Å². The second kappa shape index (κ2) is 11.2. The van der Waals surface area contributed by atoms with Crippen LogP contribution in [-0.2, 0) is 14.8 Å². The molecule has 2 aromatic rings. The molecule has 1 heterocycles. The lowest BCUT2D eigenvalue weighted by Crippen LogP contribution is -2.39. The largest absolute Gasteiger partial charge is 0.492 e. The third-order valence-electron chi connectivity index (χ3n) is 5.13. The lowest BCUT2D eigenvalue weighted by Gasteiger charge is -2.25. The summed E-state index contributed by atoms with van der Waals surface area (Å²) in [5.41, 5.74) is 0. The minimum Gasteiger partial charge on any atom is -0.492 e. The molecule has 0 unspecified atom stereocenters. The number of nitrogens with zero attached hydrogens (tertiary/aromatic N) is 1. The predicted molar refractivity (Wildman–Crippen MR) is 119 cm³/mol. The van der Waals surface area contributed by atoms with Crippen molar-refractivity contribution in [2.75, 3.05) is 26.2 Å². The average Bonchev–Trinajstić information content (AvgIpc) is 2.81. The number of para-hydroxylation sites is 1. The van der Waals surface area contributed by atoms with E-state index in [-0.39, 0.29) is 17.4 Å². The number of piperidine rings is 1. The van der Waals surface area contributed by atoms with Crippen molar-refractivity contribution >= 4 is 15.9 Å². The van der Waals surface area contributed by atoms with Crippen molar-refractivity contribution in [2.45, 2.75) is 43.6 Å². The highest BCUT2D eigenvalue weighted by molar-refractivity contribution is 7.89. The van der Waals surface area contributed by atoms with Crippen LogP contribution >= 0.6 is 0 Å². The minimum absolute atomic E-state index is 0.196. The number of carbonyl (C=O) groups is 1. The van der Waals surface area contributed by atoms with Crippen molar-refractivity contribution in [1.29, 1.82) is 0 Å². The van der Waals surface area contributed by atoms with Gasteiger partial charge < -0.3 is 14.8 Å². The molecular weight excluding hydrogens is 416 g/mol. The number of hydrogen-bond donors (Lipinski definition) is 1. The number of rotatable bonds is 10. The zero-order valence-electron chi connectivity index (χ0n) is 17.8. The smallest absolute Gasteiger partial charge is 0.261 e. The Bertz CT molecular complexity index is 926. The molecule has 1 aliphatic heterocycles. The van der Waals surface area contributed by atoms with Gasteiger partial charge in [-0.25, -0.2) is 8.42 Å². The van der Waals surface area contributed by atoms with E-state index < -0.39 is 16.1 Å². The molecular formula is C23H30N2O5S. The number of hydrogen-bond acceptors (Lipinski definition) is 5. The van der Waals surface area contributed by atoms with Crippen molar-refractivity contribution in [1.82, 2.24) is 9.62 Å². The van der Waals surface area contributed by atoms with Crippen molar-refractivity contribution in [3.05, 3.63) is 54.6 Å². The average molecular weight is 447 g/mol. The SMILES string of the molecule is CC[C@H](Oc1ccccc1)C(=O)NCCOc1ccc(S(=O)(=O)N2CCCCC2)cc1. The Kier molecular flexibility index (Phi) is 8.31. The summed E-state index contributed by atoms with van der Waals surface area (Å²) in [6.07, 6.45) is 2.87. The Hall–Kier alpha value is -2.58. The number of carbonyl (C=O) groups excluding carboxylic acids is 1. The summed E-state index contributed by atoms with van der Waals surface area (Å²) in [6.45, 7) is 3.64. The van der Waals surface area contributed by atoms with Crippen LogP contribution in [0.5, 0.6) is 11.5 Å². The van der Waals surface area contributed by atoms with E-state index in [9.17, 15) is 13.2 Å². The van der Waals surface area contributed by atoms with Crippen LogP contribution in [0.2, 0.25) is 0 Å². The molecule has 1 saturated heterocycles. The molecule has 31 heavy (non-hydrogen) atoms. The predicted octanol–water partition coefficient (Wildman–Crippen LogP) is 3.21. The van der Waals surface area contributed by atoms with E-state index in [1.54, 1.807) is 28.6 Å². The molecule has 7 nitrogen and oxygen atoms in total. The summed E-state index contributed by atoms with van der Waals surface area (Å²) < 4.78 is 38.3. The molecule has 1 amide bonds. The maximum absolute atomic E-state index is 12.7. The maximum atomic E-state index is 12.7. The van der Waals surface area contributed by atoms with Crippen LogP contribution in [0, 0.1) is 0 Å². The molecule has 0 aliphatic carbocycles. The van der Waals surface area contributed by atoms with Gasteiger partial charge in [0, 0.05) is 13.1 Å². The molecule has 1 N–H and O–H groups in total. The lowest BCUT2D eigenvalue weighted by atomic mass is 10.2. The molecule has 168 valence electrons. The maximum Gasteiger partial charge on any atom is 0.261 e. The van der Waals surface area contributed by atoms with Gasteiger partial charge in [-0.15, -0.1) is 0 Å². The Morgan fingerprint density at radius 2 is 1.68 bits per heavy atom. The zero-order valence-corrected chi connectivity index (χ0v) is 18.6. The summed E-state index contributed by atoms with van der Waals surface area (Å²) in [4.78, 5) is 12.6. The molecule has 0 spiro atoms. The van der Waals surface area contributed by atoms with Gasteiger partial charge in [0.15, 0.2) is 6.10 Å². The minimum atomic E-state index is -3.45. The number of ether oxygens (including phenoxy) is 2. The summed E-state index contributed by atoms with van der Waals surface area (Å²) in [5.74, 6) is 1.01. The third kappa shape index (κ3) is 6.45. The van der Waals surface area contributed by atoms with Crippen LogP contribution in [0.25, 0.3) is 0 Å². The second-order valence-corrected chi connectivity index (χ2v) is 9.34. The Morgan fingerprint density at radius 3 is 2.32 bits per heavy atom. The number of benzene rings is 2. The van der Waals surface area contributed by atoms with Gasteiger partial charge in [-0.1, -0.05) is 31.5 Å². The van der Waals surface area contributed by atoms with E-state index in [1.165, 1.54) is 0 Å². The van der Waals surface area contributed by atoms with Gasteiger partial charge >= 0.3 is 0 Å². The highest BCUT2D eigenvalue weighted by Gasteiger charge is 2.25. The van der Waals surface area contributed by atoms with Gasteiger partial charge in [0.05, 0.1) is 11.4 Å². The molecule has 0 saturated carbocycles. The van der Waals surface area contributed by atoms with Gasteiger partial charge in [0.2, 0.25) is 10.0 Å². The molecule has 1 aliphatic rings. The first-order valence-corrected chi connectivity index (χ1v) is 12.2. The summed E-state index contributed by atoms with van der Waals surface area (Å²) in [7, 11) is -3.45. The summed E-state index contributed by atoms with van der Waals surface area (Å²) in [6, 6.07) is 15.7. The van der Waals surface area contributed by atoms with Gasteiger partial charge in [0.1, 0.15) is 18.1 Å². The Balaban J connectivity index is 1.44. The van der Waals surface area contributed by atoms with E-state index in [0.717, 1.165) is 19.3 Å². The van der Waals surface area contributed by atoms with Crippen LogP contribution in [0.3, 0.4) is 0 Å². The van der Waals surface area contributed by atoms with Crippen molar-refractivity contribution in [3.63, 3.8) is 0 Å². The van der Waals surface area contributed by atoms with Gasteiger partial charge in [-0.2, -0.15) is 4.31 Å². The fourth-order valence-corrected chi connectivity index (χ4v) is 4.92. The molecule has 1 fully saturated rings. The van der Waals surface area contributed by atoms with Crippen molar-refractivity contribution in [2.24, 2.45) is 0 Å². The highest BCUT2D eigenvalue weighted by Crippen LogP contribution is 2.22. The molecule has 0 radical (unpaired) electrons. The van der Waals surface area contributed by atoms with Crippen molar-refractivity contribution < 1.29 is 22.7 Å². The number of sulfonamides is 1. The fourth-order valence-electron chi connectivity index (χ4n) is 3.40. The number of amides is 1. The fraction of sp³-hybridized carbons (Fsp3) is 0.435. The van der Waals surface area contributed by atoms with Gasteiger partial charge in [0.25, 0.3) is 5.91 Å². The molecule has 8 heteroatoms. The molecule has 0 aromatic heterocycles. The van der Waals surface area contributed by atoms with E-state index in [0.29, 0.717) is 37.6 Å². The standard InChI is InChI=1S/C23H30N2O5S/c1-2-22(30-20-9-5-3-6-10-20)23(26)24-15-18-29-19-11-13-21(14-12-19)31(27,28)25-16-7-4-8-17-25/h3,5-6,9-14,22H,2,4,7-8,15-18H2,1H3,(H,24,26)/t22-/m0/s1. The van der Waals surface area contributed by atoms with E-state index in [4.69, 9.17) is 9.47 Å². The van der Waals surface area contributed by atoms with Gasteiger partial charge in [-0.3, -0.25) is 4.79 Å². The first kappa shape index (κ1) is 23.1. The first-order chi connectivity index (χ1) is 15.0. The van der Waals surface area contributed by atoms with Gasteiger partial charge in [-0.05, 0) is 55.7 Å². The molecule has 0 bridgehead atoms. The molecule has 2 aromatic carbocycles. The van der Waals surface area contributed by atoms with Crippen LogP contribution in [0.1, 0.15) is 32.6 Å². The monoisotopic (exact) mass is 446 g/mol.